The Morgan fingerprint density at radius 2 is 1.40 bits per heavy atom. The van der Waals surface area contributed by atoms with Gasteiger partial charge in [0.1, 0.15) is 23.8 Å². The van der Waals surface area contributed by atoms with Crippen molar-refractivity contribution in [3.63, 3.8) is 0 Å². The molecule has 0 aliphatic carbocycles. The Balaban J connectivity index is 1.55. The zero-order valence-corrected chi connectivity index (χ0v) is 17.0. The van der Waals surface area contributed by atoms with Crippen molar-refractivity contribution in [2.24, 2.45) is 0 Å². The molecule has 30 heavy (non-hydrogen) atoms. The molecule has 8 nitrogen and oxygen atoms in total. The van der Waals surface area contributed by atoms with Crippen molar-refractivity contribution in [2.45, 2.75) is 6.61 Å². The minimum atomic E-state index is -0.348. The first-order chi connectivity index (χ1) is 14.6. The first kappa shape index (κ1) is 20.8. The number of aromatic nitrogens is 1. The van der Waals surface area contributed by atoms with Crippen LogP contribution in [0.4, 0.5) is 16.2 Å². The van der Waals surface area contributed by atoms with Crippen LogP contribution < -0.4 is 29.6 Å². The molecule has 156 valence electrons. The molecule has 3 aromatic rings. The molecule has 0 aliphatic rings. The van der Waals surface area contributed by atoms with Gasteiger partial charge in [-0.1, -0.05) is 0 Å². The van der Waals surface area contributed by atoms with Gasteiger partial charge in [-0.15, -0.1) is 0 Å². The number of pyridine rings is 1. The van der Waals surface area contributed by atoms with E-state index in [2.05, 4.69) is 15.6 Å². The van der Waals surface area contributed by atoms with Crippen LogP contribution in [0, 0.1) is 0 Å². The predicted octanol–water partition coefficient (Wildman–Crippen LogP) is 4.33. The van der Waals surface area contributed by atoms with Gasteiger partial charge in [0.05, 0.1) is 21.3 Å². The van der Waals surface area contributed by atoms with E-state index in [1.165, 1.54) is 0 Å². The fraction of sp³-hybridized carbons (Fsp3) is 0.182. The number of hydrogen-bond donors (Lipinski definition) is 2. The standard InChI is InChI=1S/C22H23N3O5/c1-27-17-8-4-15(5-9-17)24-22(26)25-16-6-10-18(11-7-16)30-14-19-21(29-3)20(28-2)12-13-23-19/h4-13H,14H2,1-3H3,(H2,24,25,26). The van der Waals surface area contributed by atoms with E-state index in [9.17, 15) is 4.79 Å². The first-order valence-electron chi connectivity index (χ1n) is 9.13. The van der Waals surface area contributed by atoms with Gasteiger partial charge in [-0.05, 0) is 48.5 Å². The van der Waals surface area contributed by atoms with E-state index in [1.807, 2.05) is 0 Å². The fourth-order valence-electron chi connectivity index (χ4n) is 2.71. The number of nitrogens with one attached hydrogen (secondary N) is 2. The highest BCUT2D eigenvalue weighted by Crippen LogP contribution is 2.30. The summed E-state index contributed by atoms with van der Waals surface area (Å²) in [5.41, 5.74) is 1.91. The highest BCUT2D eigenvalue weighted by molar-refractivity contribution is 5.99. The van der Waals surface area contributed by atoms with Gasteiger partial charge in [0.25, 0.3) is 0 Å². The number of urea groups is 1. The van der Waals surface area contributed by atoms with E-state index >= 15 is 0 Å². The van der Waals surface area contributed by atoms with Crippen LogP contribution in [-0.2, 0) is 6.61 Å². The van der Waals surface area contributed by atoms with Crippen molar-refractivity contribution < 1.29 is 23.7 Å². The van der Waals surface area contributed by atoms with Crippen molar-refractivity contribution in [3.8, 4) is 23.0 Å². The van der Waals surface area contributed by atoms with Crippen LogP contribution in [0.3, 0.4) is 0 Å². The highest BCUT2D eigenvalue weighted by Gasteiger charge is 2.11. The topological polar surface area (TPSA) is 90.9 Å². The second-order valence-electron chi connectivity index (χ2n) is 6.11. The number of methoxy groups -OCH3 is 3. The van der Waals surface area contributed by atoms with E-state index in [1.54, 1.807) is 82.1 Å². The molecule has 8 heteroatoms. The summed E-state index contributed by atoms with van der Waals surface area (Å²) in [5.74, 6) is 2.48. The fourth-order valence-corrected chi connectivity index (χ4v) is 2.71. The number of amides is 2. The van der Waals surface area contributed by atoms with Gasteiger partial charge in [-0.25, -0.2) is 4.79 Å². The molecule has 0 radical (unpaired) electrons. The molecule has 2 amide bonds. The van der Waals surface area contributed by atoms with Gasteiger partial charge in [-0.2, -0.15) is 0 Å². The highest BCUT2D eigenvalue weighted by atomic mass is 16.5. The number of anilines is 2. The molecule has 0 aliphatic heterocycles. The Kier molecular flexibility index (Phi) is 6.94. The Morgan fingerprint density at radius 1 is 0.800 bits per heavy atom. The maximum atomic E-state index is 12.1. The smallest absolute Gasteiger partial charge is 0.323 e. The second-order valence-corrected chi connectivity index (χ2v) is 6.11. The van der Waals surface area contributed by atoms with Gasteiger partial charge >= 0.3 is 6.03 Å². The van der Waals surface area contributed by atoms with Crippen LogP contribution in [0.1, 0.15) is 5.69 Å². The maximum absolute atomic E-state index is 12.1. The van der Waals surface area contributed by atoms with Crippen LogP contribution in [0.25, 0.3) is 0 Å². The number of hydrogen-bond acceptors (Lipinski definition) is 6. The Bertz CT molecular complexity index is 975. The summed E-state index contributed by atoms with van der Waals surface area (Å²) in [6.45, 7) is 0.213. The van der Waals surface area contributed by atoms with Gasteiger partial charge in [-0.3, -0.25) is 4.98 Å². The minimum absolute atomic E-state index is 0.213. The number of carbonyl (C=O) groups excluding carboxylic acids is 1. The lowest BCUT2D eigenvalue weighted by atomic mass is 10.3. The molecule has 3 rings (SSSR count). The third kappa shape index (κ3) is 5.32. The SMILES string of the molecule is COc1ccc(NC(=O)Nc2ccc(OCc3nccc(OC)c3OC)cc2)cc1. The molecule has 0 saturated carbocycles. The molecule has 0 atom stereocenters. The number of nitrogens with zero attached hydrogens (tertiary/aromatic N) is 1. The molecule has 0 saturated heterocycles. The van der Waals surface area contributed by atoms with E-state index in [0.717, 1.165) is 5.75 Å². The van der Waals surface area contributed by atoms with E-state index in [-0.39, 0.29) is 12.6 Å². The molecular weight excluding hydrogens is 386 g/mol. The molecule has 1 aromatic heterocycles. The number of benzene rings is 2. The number of carbonyl (C=O) groups is 1. The number of ether oxygens (including phenoxy) is 4. The average molecular weight is 409 g/mol. The van der Waals surface area contributed by atoms with Crippen LogP contribution >= 0.6 is 0 Å². The van der Waals surface area contributed by atoms with Crippen molar-refractivity contribution >= 4 is 17.4 Å². The summed E-state index contributed by atoms with van der Waals surface area (Å²) in [5, 5.41) is 5.52. The summed E-state index contributed by atoms with van der Waals surface area (Å²) < 4.78 is 21.5. The van der Waals surface area contributed by atoms with E-state index in [0.29, 0.717) is 34.3 Å². The summed E-state index contributed by atoms with van der Waals surface area (Å²) in [7, 11) is 4.71. The van der Waals surface area contributed by atoms with Gasteiger partial charge in [0, 0.05) is 23.6 Å². The van der Waals surface area contributed by atoms with Crippen LogP contribution in [0.15, 0.2) is 60.8 Å². The Hall–Kier alpha value is -3.94. The average Bonchev–Trinajstić information content (AvgIpc) is 2.78. The predicted molar refractivity (Wildman–Crippen MR) is 114 cm³/mol. The summed E-state index contributed by atoms with van der Waals surface area (Å²) in [6.07, 6.45) is 1.63. The number of rotatable bonds is 8. The normalized spacial score (nSPS) is 10.1. The monoisotopic (exact) mass is 409 g/mol. The van der Waals surface area contributed by atoms with Crippen molar-refractivity contribution in [1.82, 2.24) is 4.98 Å². The molecule has 1 heterocycles. The quantitative estimate of drug-likeness (QED) is 0.575. The van der Waals surface area contributed by atoms with Gasteiger partial charge in [0.2, 0.25) is 0 Å². The largest absolute Gasteiger partial charge is 0.497 e. The van der Waals surface area contributed by atoms with E-state index < -0.39 is 0 Å². The van der Waals surface area contributed by atoms with Crippen LogP contribution in [0.5, 0.6) is 23.0 Å². The van der Waals surface area contributed by atoms with Gasteiger partial charge in [0.15, 0.2) is 11.5 Å². The summed E-state index contributed by atoms with van der Waals surface area (Å²) in [4.78, 5) is 16.4. The summed E-state index contributed by atoms with van der Waals surface area (Å²) in [6, 6.07) is 15.5. The molecule has 2 N–H and O–H groups in total. The van der Waals surface area contributed by atoms with Crippen molar-refractivity contribution in [1.29, 1.82) is 0 Å². The lowest BCUT2D eigenvalue weighted by Crippen LogP contribution is -2.19. The van der Waals surface area contributed by atoms with E-state index in [4.69, 9.17) is 18.9 Å². The first-order valence-corrected chi connectivity index (χ1v) is 9.13. The Morgan fingerprint density at radius 3 is 1.93 bits per heavy atom. The van der Waals surface area contributed by atoms with Crippen LogP contribution in [0.2, 0.25) is 0 Å². The third-order valence-corrected chi connectivity index (χ3v) is 4.20. The van der Waals surface area contributed by atoms with Crippen LogP contribution in [-0.4, -0.2) is 32.3 Å². The minimum Gasteiger partial charge on any atom is -0.497 e. The zero-order valence-electron chi connectivity index (χ0n) is 17.0. The zero-order chi connectivity index (χ0) is 21.3. The maximum Gasteiger partial charge on any atom is 0.323 e. The lowest BCUT2D eigenvalue weighted by molar-refractivity contribution is 0.262. The molecule has 0 spiro atoms. The third-order valence-electron chi connectivity index (χ3n) is 4.20. The summed E-state index contributed by atoms with van der Waals surface area (Å²) >= 11 is 0. The van der Waals surface area contributed by atoms with Crippen molar-refractivity contribution in [3.05, 3.63) is 66.5 Å². The Labute approximate surface area is 174 Å². The lowest BCUT2D eigenvalue weighted by Gasteiger charge is -2.13. The molecule has 0 bridgehead atoms. The second kappa shape index (κ2) is 10.0. The molecule has 0 unspecified atom stereocenters. The van der Waals surface area contributed by atoms with Crippen molar-refractivity contribution in [2.75, 3.05) is 32.0 Å². The molecule has 2 aromatic carbocycles. The van der Waals surface area contributed by atoms with Gasteiger partial charge < -0.3 is 29.6 Å². The molecule has 0 fully saturated rings. The molecular formula is C22H23N3O5.